The van der Waals surface area contributed by atoms with E-state index < -0.39 is 0 Å². The molecule has 10 rings (SSSR count). The van der Waals surface area contributed by atoms with Crippen molar-refractivity contribution in [2.45, 2.75) is 76.0 Å². The minimum Gasteiger partial charge on any atom is -0.283 e. The number of anilines is 2. The Labute approximate surface area is 210 Å². The third-order valence-corrected chi connectivity index (χ3v) is 11.7. The molecule has 8 fully saturated rings. The van der Waals surface area contributed by atoms with Crippen LogP contribution in [0.4, 0.5) is 11.4 Å². The number of hydrogen-bond donors (Lipinski definition) is 0. The summed E-state index contributed by atoms with van der Waals surface area (Å²) in [6.45, 7) is 0. The molecule has 0 aromatic heterocycles. The first kappa shape index (κ1) is 21.0. The van der Waals surface area contributed by atoms with E-state index in [0.717, 1.165) is 65.1 Å². The Morgan fingerprint density at radius 1 is 0.514 bits per heavy atom. The maximum absolute atomic E-state index is 12.9. The lowest BCUT2D eigenvalue weighted by Crippen LogP contribution is -2.44. The number of hydrogen-bond acceptors (Lipinski definition) is 1. The Morgan fingerprint density at radius 2 is 0.857 bits per heavy atom. The summed E-state index contributed by atoms with van der Waals surface area (Å²) >= 11 is 0. The number of amides is 1. The third-order valence-electron chi connectivity index (χ3n) is 11.7. The van der Waals surface area contributed by atoms with Crippen LogP contribution in [0.3, 0.4) is 0 Å². The van der Waals surface area contributed by atoms with Gasteiger partial charge in [0.05, 0.1) is 11.4 Å². The summed E-state index contributed by atoms with van der Waals surface area (Å²) in [5.41, 5.74) is 5.23. The van der Waals surface area contributed by atoms with E-state index in [1.807, 2.05) is 0 Å². The molecule has 2 aromatic rings. The topological polar surface area (TPSA) is 20.3 Å². The summed E-state index contributed by atoms with van der Waals surface area (Å²) in [7, 11) is 0. The molecule has 8 saturated carbocycles. The van der Waals surface area contributed by atoms with Gasteiger partial charge in [0.25, 0.3) is 0 Å². The highest BCUT2D eigenvalue weighted by molar-refractivity contribution is 5.89. The molecule has 8 aliphatic rings. The molecule has 0 saturated heterocycles. The largest absolute Gasteiger partial charge is 0.283 e. The molecule has 35 heavy (non-hydrogen) atoms. The molecule has 0 heterocycles. The fourth-order valence-electron chi connectivity index (χ4n) is 11.1. The third kappa shape index (κ3) is 3.24. The number of rotatable bonds is 5. The zero-order valence-electron chi connectivity index (χ0n) is 20.9. The molecule has 0 N–H and O–H groups in total. The Kier molecular flexibility index (Phi) is 4.78. The first-order chi connectivity index (χ1) is 17.2. The molecule has 182 valence electrons. The molecule has 8 bridgehead atoms. The van der Waals surface area contributed by atoms with Gasteiger partial charge in [-0.15, -0.1) is 0 Å². The summed E-state index contributed by atoms with van der Waals surface area (Å²) in [6.07, 6.45) is 15.4. The lowest BCUT2D eigenvalue weighted by atomic mass is 9.50. The molecule has 2 heteroatoms. The fourth-order valence-corrected chi connectivity index (χ4v) is 11.1. The molecular weight excluding hydrogens is 426 g/mol. The predicted octanol–water partition coefficient (Wildman–Crippen LogP) is 8.06. The van der Waals surface area contributed by atoms with Crippen LogP contribution in [0.5, 0.6) is 0 Å². The van der Waals surface area contributed by atoms with E-state index in [-0.39, 0.29) is 0 Å². The van der Waals surface area contributed by atoms with Crippen molar-refractivity contribution in [1.29, 1.82) is 0 Å². The van der Waals surface area contributed by atoms with E-state index in [1.54, 1.807) is 0 Å². The Morgan fingerprint density at radius 3 is 1.20 bits per heavy atom. The maximum Gasteiger partial charge on any atom is 0.218 e. The van der Waals surface area contributed by atoms with E-state index >= 15 is 0 Å². The van der Waals surface area contributed by atoms with Gasteiger partial charge in [0.15, 0.2) is 0 Å². The molecule has 0 unspecified atom stereocenters. The molecule has 0 atom stereocenters. The first-order valence-corrected chi connectivity index (χ1v) is 14.7. The smallest absolute Gasteiger partial charge is 0.218 e. The molecule has 0 spiro atoms. The van der Waals surface area contributed by atoms with Gasteiger partial charge in [-0.2, -0.15) is 0 Å². The van der Waals surface area contributed by atoms with E-state index in [0.29, 0.717) is 11.8 Å². The lowest BCUT2D eigenvalue weighted by molar-refractivity contribution is -0.106. The molecule has 8 aliphatic carbocycles. The van der Waals surface area contributed by atoms with Gasteiger partial charge in [-0.25, -0.2) is 0 Å². The normalized spacial score (nSPS) is 42.4. The van der Waals surface area contributed by atoms with Crippen LogP contribution in [0.1, 0.15) is 87.2 Å². The van der Waals surface area contributed by atoms with Gasteiger partial charge < -0.3 is 0 Å². The Balaban J connectivity index is 1.19. The van der Waals surface area contributed by atoms with Crippen molar-refractivity contribution in [2.75, 3.05) is 4.90 Å². The maximum atomic E-state index is 12.9. The van der Waals surface area contributed by atoms with Crippen LogP contribution < -0.4 is 4.90 Å². The summed E-state index contributed by atoms with van der Waals surface area (Å²) < 4.78 is 0. The number of carbonyl (C=O) groups excluding carboxylic acids is 1. The second-order valence-corrected chi connectivity index (χ2v) is 13.5. The van der Waals surface area contributed by atoms with Gasteiger partial charge in [0, 0.05) is 0 Å². The quantitative estimate of drug-likeness (QED) is 0.409. The highest BCUT2D eigenvalue weighted by atomic mass is 16.1. The van der Waals surface area contributed by atoms with Gasteiger partial charge in [0.2, 0.25) is 6.41 Å². The van der Waals surface area contributed by atoms with Crippen molar-refractivity contribution in [3.05, 3.63) is 59.7 Å². The fraction of sp³-hybridized carbons (Fsp3) is 0.606. The zero-order valence-corrected chi connectivity index (χ0v) is 20.9. The van der Waals surface area contributed by atoms with Gasteiger partial charge in [-0.05, 0) is 147 Å². The second-order valence-electron chi connectivity index (χ2n) is 13.5. The van der Waals surface area contributed by atoms with E-state index in [1.165, 1.54) is 75.3 Å². The van der Waals surface area contributed by atoms with Gasteiger partial charge in [-0.3, -0.25) is 9.69 Å². The summed E-state index contributed by atoms with van der Waals surface area (Å²) in [5, 5.41) is 0. The minimum absolute atomic E-state index is 0.634. The molecule has 2 aromatic carbocycles. The minimum atomic E-state index is 0.634. The number of nitrogens with zero attached hydrogens (tertiary/aromatic N) is 1. The molecular formula is C33H39NO. The Hall–Kier alpha value is -2.09. The zero-order chi connectivity index (χ0) is 23.1. The van der Waals surface area contributed by atoms with Crippen molar-refractivity contribution in [2.24, 2.45) is 47.3 Å². The average Bonchev–Trinajstić information content (AvgIpc) is 2.85. The van der Waals surface area contributed by atoms with Crippen molar-refractivity contribution in [3.8, 4) is 0 Å². The van der Waals surface area contributed by atoms with E-state index in [9.17, 15) is 4.79 Å². The SMILES string of the molecule is O=CN(c1ccccc1C1C2CC3CC(C2)CC1C3)c1ccccc1C1C2CC3CC(C2)CC1C3. The van der Waals surface area contributed by atoms with Crippen molar-refractivity contribution < 1.29 is 4.79 Å². The van der Waals surface area contributed by atoms with Crippen LogP contribution in [-0.4, -0.2) is 6.41 Å². The molecule has 0 aliphatic heterocycles. The molecule has 0 radical (unpaired) electrons. The highest BCUT2D eigenvalue weighted by Crippen LogP contribution is 2.62. The number of benzene rings is 2. The van der Waals surface area contributed by atoms with Gasteiger partial charge in [-0.1, -0.05) is 36.4 Å². The molecule has 2 nitrogen and oxygen atoms in total. The second kappa shape index (κ2) is 7.95. The average molecular weight is 466 g/mol. The van der Waals surface area contributed by atoms with Crippen LogP contribution in [0, 0.1) is 47.3 Å². The van der Waals surface area contributed by atoms with Crippen LogP contribution in [-0.2, 0) is 4.79 Å². The van der Waals surface area contributed by atoms with Crippen molar-refractivity contribution in [3.63, 3.8) is 0 Å². The monoisotopic (exact) mass is 465 g/mol. The van der Waals surface area contributed by atoms with Crippen LogP contribution in [0.15, 0.2) is 48.5 Å². The van der Waals surface area contributed by atoms with Gasteiger partial charge >= 0.3 is 0 Å². The van der Waals surface area contributed by atoms with Gasteiger partial charge in [0.1, 0.15) is 0 Å². The summed E-state index contributed by atoms with van der Waals surface area (Å²) in [6, 6.07) is 17.9. The van der Waals surface area contributed by atoms with E-state index in [2.05, 4.69) is 53.4 Å². The molecule has 1 amide bonds. The van der Waals surface area contributed by atoms with Crippen LogP contribution in [0.25, 0.3) is 0 Å². The van der Waals surface area contributed by atoms with Crippen LogP contribution in [0.2, 0.25) is 0 Å². The van der Waals surface area contributed by atoms with Crippen molar-refractivity contribution in [1.82, 2.24) is 0 Å². The standard InChI is InChI=1S/C33H39NO/c35-19-34(30-7-3-1-5-28(30)32-24-11-20-9-21(13-24)14-25(32)12-20)31-8-4-2-6-29(31)33-26-15-22-10-23(17-26)18-27(33)16-22/h1-8,19-27,32-33H,9-18H2. The highest BCUT2D eigenvalue weighted by Gasteiger charge is 2.51. The lowest BCUT2D eigenvalue weighted by Gasteiger charge is -2.55. The van der Waals surface area contributed by atoms with Crippen molar-refractivity contribution >= 4 is 17.8 Å². The summed E-state index contributed by atoms with van der Waals surface area (Å²) in [4.78, 5) is 15.0. The van der Waals surface area contributed by atoms with E-state index in [4.69, 9.17) is 0 Å². The van der Waals surface area contributed by atoms with Crippen LogP contribution >= 0.6 is 0 Å². The first-order valence-electron chi connectivity index (χ1n) is 14.7. The number of para-hydroxylation sites is 2. The number of carbonyl (C=O) groups is 1. The predicted molar refractivity (Wildman–Crippen MR) is 141 cm³/mol. The Bertz CT molecular complexity index is 994. The summed E-state index contributed by atoms with van der Waals surface area (Å²) in [5.74, 6) is 8.44.